The van der Waals surface area contributed by atoms with Gasteiger partial charge in [0.15, 0.2) is 4.34 Å². The second-order valence-electron chi connectivity index (χ2n) is 6.67. The molecule has 1 aromatic carbocycles. The number of nitrogens with one attached hydrogen (secondary N) is 1. The Bertz CT molecular complexity index is 1000. The van der Waals surface area contributed by atoms with Gasteiger partial charge >= 0.3 is 0 Å². The maximum Gasteiger partial charge on any atom is 0.234 e. The summed E-state index contributed by atoms with van der Waals surface area (Å²) < 4.78 is 38.0. The van der Waals surface area contributed by atoms with Gasteiger partial charge in [-0.05, 0) is 24.3 Å². The molecule has 1 saturated heterocycles. The molecule has 1 aliphatic heterocycles. The van der Waals surface area contributed by atoms with Gasteiger partial charge in [0.2, 0.25) is 21.8 Å². The number of aromatic nitrogens is 1. The van der Waals surface area contributed by atoms with Crippen molar-refractivity contribution in [2.45, 2.75) is 10.8 Å². The van der Waals surface area contributed by atoms with Gasteiger partial charge in [0, 0.05) is 37.2 Å². The SMILES string of the molecule is CS(=O)(=O)N1CCN(C(=O)Cc2csc(SCC(=O)Nc3ccc(F)cc3)n2)CC1. The molecule has 0 atom stereocenters. The second-order valence-corrected chi connectivity index (χ2v) is 10.7. The molecule has 162 valence electrons. The molecule has 12 heteroatoms. The zero-order chi connectivity index (χ0) is 21.7. The molecule has 0 aliphatic carbocycles. The first-order valence-electron chi connectivity index (χ1n) is 9.06. The monoisotopic (exact) mass is 472 g/mol. The first-order chi connectivity index (χ1) is 14.2. The Morgan fingerprint density at radius 2 is 1.87 bits per heavy atom. The third-order valence-electron chi connectivity index (χ3n) is 4.38. The van der Waals surface area contributed by atoms with Gasteiger partial charge in [0.05, 0.1) is 24.1 Å². The van der Waals surface area contributed by atoms with Gasteiger partial charge in [-0.1, -0.05) is 11.8 Å². The van der Waals surface area contributed by atoms with E-state index in [1.54, 1.807) is 10.3 Å². The largest absolute Gasteiger partial charge is 0.340 e. The van der Waals surface area contributed by atoms with Crippen molar-refractivity contribution in [1.82, 2.24) is 14.2 Å². The van der Waals surface area contributed by atoms with Crippen LogP contribution in [0, 0.1) is 5.82 Å². The lowest BCUT2D eigenvalue weighted by molar-refractivity contribution is -0.131. The highest BCUT2D eigenvalue weighted by molar-refractivity contribution is 8.01. The fraction of sp³-hybridized carbons (Fsp3) is 0.389. The van der Waals surface area contributed by atoms with E-state index < -0.39 is 10.0 Å². The molecule has 0 spiro atoms. The first-order valence-corrected chi connectivity index (χ1v) is 12.8. The summed E-state index contributed by atoms with van der Waals surface area (Å²) in [5.41, 5.74) is 1.14. The molecular formula is C18H21FN4O4S3. The number of rotatable bonds is 7. The molecule has 0 bridgehead atoms. The van der Waals surface area contributed by atoms with Gasteiger partial charge in [0.25, 0.3) is 0 Å². The first kappa shape index (κ1) is 22.7. The van der Waals surface area contributed by atoms with Gasteiger partial charge < -0.3 is 10.2 Å². The summed E-state index contributed by atoms with van der Waals surface area (Å²) in [6.45, 7) is 1.32. The van der Waals surface area contributed by atoms with E-state index >= 15 is 0 Å². The van der Waals surface area contributed by atoms with E-state index in [0.29, 0.717) is 41.9 Å². The fourth-order valence-corrected chi connectivity index (χ4v) is 5.30. The number of nitrogens with zero attached hydrogens (tertiary/aromatic N) is 3. The summed E-state index contributed by atoms with van der Waals surface area (Å²) in [6, 6.07) is 5.52. The minimum Gasteiger partial charge on any atom is -0.340 e. The standard InChI is InChI=1S/C18H21FN4O4S3/c1-30(26,27)23-8-6-22(7-9-23)17(25)10-15-11-28-18(21-15)29-12-16(24)20-14-4-2-13(19)3-5-14/h2-5,11H,6-10,12H2,1H3,(H,20,24). The molecule has 2 aromatic rings. The number of anilines is 1. The topological polar surface area (TPSA) is 99.7 Å². The van der Waals surface area contributed by atoms with E-state index in [0.717, 1.165) is 0 Å². The van der Waals surface area contributed by atoms with E-state index in [-0.39, 0.29) is 29.8 Å². The Balaban J connectivity index is 1.44. The van der Waals surface area contributed by atoms with Crippen LogP contribution in [0.15, 0.2) is 34.0 Å². The van der Waals surface area contributed by atoms with Crippen molar-refractivity contribution >= 4 is 50.6 Å². The zero-order valence-electron chi connectivity index (χ0n) is 16.2. The number of hydrogen-bond donors (Lipinski definition) is 1. The second kappa shape index (κ2) is 9.86. The summed E-state index contributed by atoms with van der Waals surface area (Å²) in [4.78, 5) is 30.5. The summed E-state index contributed by atoms with van der Waals surface area (Å²) in [5.74, 6) is -0.558. The number of halogens is 1. The van der Waals surface area contributed by atoms with Gasteiger partial charge in [0.1, 0.15) is 5.82 Å². The minimum absolute atomic E-state index is 0.0981. The van der Waals surface area contributed by atoms with E-state index in [1.165, 1.54) is 57.9 Å². The third kappa shape index (κ3) is 6.49. The maximum atomic E-state index is 12.9. The molecule has 1 fully saturated rings. The van der Waals surface area contributed by atoms with Gasteiger partial charge in [-0.15, -0.1) is 11.3 Å². The van der Waals surface area contributed by atoms with Crippen molar-refractivity contribution in [2.75, 3.05) is 43.5 Å². The van der Waals surface area contributed by atoms with Crippen LogP contribution in [-0.4, -0.2) is 72.6 Å². The Morgan fingerprint density at radius 1 is 1.20 bits per heavy atom. The van der Waals surface area contributed by atoms with E-state index in [1.807, 2.05) is 0 Å². The summed E-state index contributed by atoms with van der Waals surface area (Å²) in [6.07, 6.45) is 1.30. The van der Waals surface area contributed by atoms with Crippen molar-refractivity contribution < 1.29 is 22.4 Å². The number of piperazine rings is 1. The van der Waals surface area contributed by atoms with E-state index in [2.05, 4.69) is 10.3 Å². The highest BCUT2D eigenvalue weighted by Gasteiger charge is 2.26. The Morgan fingerprint density at radius 3 is 2.50 bits per heavy atom. The lowest BCUT2D eigenvalue weighted by Crippen LogP contribution is -2.50. The average Bonchev–Trinajstić information content (AvgIpc) is 3.15. The number of carbonyl (C=O) groups excluding carboxylic acids is 2. The van der Waals surface area contributed by atoms with Crippen LogP contribution in [0.2, 0.25) is 0 Å². The predicted molar refractivity (Wildman–Crippen MR) is 115 cm³/mol. The van der Waals surface area contributed by atoms with Crippen molar-refractivity contribution in [3.63, 3.8) is 0 Å². The molecule has 1 aromatic heterocycles. The predicted octanol–water partition coefficient (Wildman–Crippen LogP) is 1.66. The highest BCUT2D eigenvalue weighted by Crippen LogP contribution is 2.23. The molecule has 1 aliphatic rings. The van der Waals surface area contributed by atoms with Gasteiger partial charge in [-0.25, -0.2) is 17.8 Å². The van der Waals surface area contributed by atoms with Crippen molar-refractivity contribution in [3.05, 3.63) is 41.2 Å². The van der Waals surface area contributed by atoms with E-state index in [4.69, 9.17) is 0 Å². The molecule has 3 rings (SSSR count). The molecule has 1 N–H and O–H groups in total. The molecule has 8 nitrogen and oxygen atoms in total. The van der Waals surface area contributed by atoms with Crippen molar-refractivity contribution in [2.24, 2.45) is 0 Å². The quantitative estimate of drug-likeness (QED) is 0.616. The van der Waals surface area contributed by atoms with Crippen LogP contribution in [0.4, 0.5) is 10.1 Å². The average molecular weight is 473 g/mol. The van der Waals surface area contributed by atoms with Crippen molar-refractivity contribution in [1.29, 1.82) is 0 Å². The fourth-order valence-electron chi connectivity index (χ4n) is 2.83. The molecule has 2 heterocycles. The lowest BCUT2D eigenvalue weighted by Gasteiger charge is -2.33. The normalized spacial score (nSPS) is 15.2. The summed E-state index contributed by atoms with van der Waals surface area (Å²) in [7, 11) is -3.23. The van der Waals surface area contributed by atoms with Gasteiger partial charge in [-0.2, -0.15) is 4.31 Å². The molecule has 0 unspecified atom stereocenters. The molecule has 2 amide bonds. The van der Waals surface area contributed by atoms with Crippen LogP contribution >= 0.6 is 23.1 Å². The lowest BCUT2D eigenvalue weighted by atomic mass is 10.2. The zero-order valence-corrected chi connectivity index (χ0v) is 18.7. The van der Waals surface area contributed by atoms with Crippen LogP contribution in [0.5, 0.6) is 0 Å². The Hall–Kier alpha value is -2.02. The van der Waals surface area contributed by atoms with E-state index in [9.17, 15) is 22.4 Å². The number of sulfonamides is 1. The Labute approximate surface area is 182 Å². The number of thioether (sulfide) groups is 1. The number of hydrogen-bond acceptors (Lipinski definition) is 7. The third-order valence-corrected chi connectivity index (χ3v) is 7.75. The molecule has 30 heavy (non-hydrogen) atoms. The minimum atomic E-state index is -3.23. The van der Waals surface area contributed by atoms with Crippen molar-refractivity contribution in [3.8, 4) is 0 Å². The summed E-state index contributed by atoms with van der Waals surface area (Å²) in [5, 5.41) is 4.46. The van der Waals surface area contributed by atoms with Crippen LogP contribution < -0.4 is 5.32 Å². The molecule has 0 radical (unpaired) electrons. The van der Waals surface area contributed by atoms with Crippen LogP contribution in [0.3, 0.4) is 0 Å². The van der Waals surface area contributed by atoms with Crippen LogP contribution in [0.1, 0.15) is 5.69 Å². The molecular weight excluding hydrogens is 451 g/mol. The maximum absolute atomic E-state index is 12.9. The number of thiazole rings is 1. The van der Waals surface area contributed by atoms with Gasteiger partial charge in [-0.3, -0.25) is 9.59 Å². The smallest absolute Gasteiger partial charge is 0.234 e. The molecule has 0 saturated carbocycles. The number of benzene rings is 1. The highest BCUT2D eigenvalue weighted by atomic mass is 32.2. The van der Waals surface area contributed by atoms with Crippen LogP contribution in [0.25, 0.3) is 0 Å². The Kier molecular flexibility index (Phi) is 7.45. The number of amides is 2. The van der Waals surface area contributed by atoms with Crippen LogP contribution in [-0.2, 0) is 26.0 Å². The number of carbonyl (C=O) groups is 2. The summed E-state index contributed by atoms with van der Waals surface area (Å²) >= 11 is 2.62.